The molecule has 0 aliphatic carbocycles. The molecule has 0 radical (unpaired) electrons. The van der Waals surface area contributed by atoms with E-state index in [4.69, 9.17) is 0 Å². The van der Waals surface area contributed by atoms with E-state index < -0.39 is 0 Å². The van der Waals surface area contributed by atoms with Gasteiger partial charge in [0.1, 0.15) is 11.5 Å². The first-order chi connectivity index (χ1) is 16.1. The molecule has 2 aromatic rings. The molecule has 0 amide bonds. The molecule has 184 valence electrons. The summed E-state index contributed by atoms with van der Waals surface area (Å²) in [4.78, 5) is 0. The molecule has 2 rings (SSSR count). The normalized spacial score (nSPS) is 11.4. The minimum absolute atomic E-state index is 0.0297. The van der Waals surface area contributed by atoms with E-state index in [0.29, 0.717) is 11.5 Å². The zero-order chi connectivity index (χ0) is 23.9. The smallest absolute Gasteiger partial charge is 0.122 e. The zero-order valence-corrected chi connectivity index (χ0v) is 21.5. The summed E-state index contributed by atoms with van der Waals surface area (Å²) in [5, 5.41) is 21.4. The van der Waals surface area contributed by atoms with Gasteiger partial charge in [0.05, 0.1) is 0 Å². The molecule has 2 aromatic carbocycles. The number of unbranched alkanes of at least 4 members (excludes halogenated alkanes) is 13. The van der Waals surface area contributed by atoms with Crippen LogP contribution < -0.4 is 0 Å². The minimum Gasteiger partial charge on any atom is -0.507 e. The molecule has 0 aliphatic heterocycles. The van der Waals surface area contributed by atoms with Crippen LogP contribution in [-0.2, 0) is 0 Å². The number of para-hydroxylation sites is 2. The lowest BCUT2D eigenvalue weighted by Gasteiger charge is -2.22. The maximum absolute atomic E-state index is 10.7. The van der Waals surface area contributed by atoms with Gasteiger partial charge >= 0.3 is 0 Å². The van der Waals surface area contributed by atoms with Crippen LogP contribution in [0.2, 0.25) is 0 Å². The molecule has 2 nitrogen and oxygen atoms in total. The van der Waals surface area contributed by atoms with E-state index >= 15 is 0 Å². The predicted molar refractivity (Wildman–Crippen MR) is 142 cm³/mol. The van der Waals surface area contributed by atoms with Crippen molar-refractivity contribution in [3.8, 4) is 11.5 Å². The van der Waals surface area contributed by atoms with Gasteiger partial charge in [-0.25, -0.2) is 0 Å². The van der Waals surface area contributed by atoms with Crippen LogP contribution in [0.5, 0.6) is 11.5 Å². The monoisotopic (exact) mass is 452 g/mol. The van der Waals surface area contributed by atoms with Crippen molar-refractivity contribution in [2.45, 2.75) is 123 Å². The summed E-state index contributed by atoms with van der Waals surface area (Å²) in [6, 6.07) is 11.9. The predicted octanol–water partition coefficient (Wildman–Crippen LogP) is 9.72. The van der Waals surface area contributed by atoms with E-state index in [1.807, 2.05) is 50.2 Å². The van der Waals surface area contributed by atoms with Crippen LogP contribution in [0.25, 0.3) is 0 Å². The molecule has 33 heavy (non-hydrogen) atoms. The van der Waals surface area contributed by atoms with Crippen LogP contribution in [-0.4, -0.2) is 10.2 Å². The largest absolute Gasteiger partial charge is 0.507 e. The number of phenols is 2. The van der Waals surface area contributed by atoms with Crippen LogP contribution in [0, 0.1) is 13.8 Å². The molecule has 2 heteroatoms. The van der Waals surface area contributed by atoms with E-state index in [-0.39, 0.29) is 5.92 Å². The summed E-state index contributed by atoms with van der Waals surface area (Å²) in [6.07, 6.45) is 19.9. The van der Waals surface area contributed by atoms with Crippen molar-refractivity contribution >= 4 is 0 Å². The van der Waals surface area contributed by atoms with Crippen molar-refractivity contribution in [2.24, 2.45) is 0 Å². The van der Waals surface area contributed by atoms with Crippen molar-refractivity contribution in [2.75, 3.05) is 0 Å². The van der Waals surface area contributed by atoms with Gasteiger partial charge in [-0.15, -0.1) is 0 Å². The molecule has 0 unspecified atom stereocenters. The Kier molecular flexibility index (Phi) is 13.1. The molecule has 0 spiro atoms. The molecule has 0 aromatic heterocycles. The van der Waals surface area contributed by atoms with Crippen LogP contribution >= 0.6 is 0 Å². The summed E-state index contributed by atoms with van der Waals surface area (Å²) >= 11 is 0. The fourth-order valence-electron chi connectivity index (χ4n) is 4.95. The third-order valence-corrected chi connectivity index (χ3v) is 7.14. The summed E-state index contributed by atoms with van der Waals surface area (Å²) < 4.78 is 0. The van der Waals surface area contributed by atoms with Gasteiger partial charge in [0.25, 0.3) is 0 Å². The fraction of sp³-hybridized carbons (Fsp3) is 0.613. The molecule has 0 heterocycles. The van der Waals surface area contributed by atoms with Gasteiger partial charge in [-0.2, -0.15) is 0 Å². The van der Waals surface area contributed by atoms with Gasteiger partial charge in [-0.1, -0.05) is 133 Å². The van der Waals surface area contributed by atoms with E-state index in [1.165, 1.54) is 83.5 Å². The SMILES string of the molecule is CCCCCCCCCCCCCCCCC(c1cccc(C)c1O)c1cccc(C)c1O. The molecule has 0 atom stereocenters. The molecule has 0 aliphatic rings. The highest BCUT2D eigenvalue weighted by atomic mass is 16.3. The van der Waals surface area contributed by atoms with Crippen LogP contribution in [0.1, 0.15) is 131 Å². The maximum atomic E-state index is 10.7. The van der Waals surface area contributed by atoms with Crippen molar-refractivity contribution in [3.05, 3.63) is 58.7 Å². The van der Waals surface area contributed by atoms with Crippen molar-refractivity contribution in [3.63, 3.8) is 0 Å². The highest BCUT2D eigenvalue weighted by Gasteiger charge is 2.21. The third-order valence-electron chi connectivity index (χ3n) is 7.14. The quantitative estimate of drug-likeness (QED) is 0.234. The second kappa shape index (κ2) is 15.8. The first-order valence-electron chi connectivity index (χ1n) is 13.6. The van der Waals surface area contributed by atoms with Crippen molar-refractivity contribution in [1.29, 1.82) is 0 Å². The van der Waals surface area contributed by atoms with Crippen molar-refractivity contribution in [1.82, 2.24) is 0 Å². The molecule has 0 saturated heterocycles. The van der Waals surface area contributed by atoms with Crippen LogP contribution in [0.15, 0.2) is 36.4 Å². The lowest BCUT2D eigenvalue weighted by molar-refractivity contribution is 0.443. The van der Waals surface area contributed by atoms with E-state index in [9.17, 15) is 10.2 Å². The first kappa shape index (κ1) is 27.3. The van der Waals surface area contributed by atoms with Gasteiger partial charge in [0, 0.05) is 17.0 Å². The fourth-order valence-corrected chi connectivity index (χ4v) is 4.95. The topological polar surface area (TPSA) is 40.5 Å². The van der Waals surface area contributed by atoms with Crippen LogP contribution in [0.3, 0.4) is 0 Å². The summed E-state index contributed by atoms with van der Waals surface area (Å²) in [6.45, 7) is 6.17. The number of hydrogen-bond acceptors (Lipinski definition) is 2. The number of rotatable bonds is 17. The standard InChI is InChI=1S/C31H48O2/c1-4-5-6-7-8-9-10-11-12-13-14-15-16-17-22-27(28-23-18-20-25(2)30(28)32)29-24-19-21-26(3)31(29)33/h18-21,23-24,27,32-33H,4-17,22H2,1-3H3. The van der Waals surface area contributed by atoms with Crippen molar-refractivity contribution < 1.29 is 10.2 Å². The number of hydrogen-bond donors (Lipinski definition) is 2. The second-order valence-electron chi connectivity index (χ2n) is 9.96. The molecular weight excluding hydrogens is 404 g/mol. The van der Waals surface area contributed by atoms with Gasteiger partial charge in [0.2, 0.25) is 0 Å². The number of phenolic OH excluding ortho intramolecular Hbond substituents is 2. The molecule has 0 fully saturated rings. The van der Waals surface area contributed by atoms with Gasteiger partial charge < -0.3 is 10.2 Å². The Morgan fingerprint density at radius 3 is 1.30 bits per heavy atom. The Hall–Kier alpha value is -1.96. The van der Waals surface area contributed by atoms with Gasteiger partial charge in [-0.05, 0) is 31.4 Å². The molecule has 0 bridgehead atoms. The van der Waals surface area contributed by atoms with Crippen LogP contribution in [0.4, 0.5) is 0 Å². The second-order valence-corrected chi connectivity index (χ2v) is 9.96. The summed E-state index contributed by atoms with van der Waals surface area (Å²) in [5.41, 5.74) is 3.66. The highest BCUT2D eigenvalue weighted by Crippen LogP contribution is 2.41. The summed E-state index contributed by atoms with van der Waals surface area (Å²) in [5.74, 6) is 0.768. The molecular formula is C31H48O2. The third kappa shape index (κ3) is 9.43. The number of aromatic hydroxyl groups is 2. The number of benzene rings is 2. The lowest BCUT2D eigenvalue weighted by atomic mass is 9.84. The molecule has 2 N–H and O–H groups in total. The summed E-state index contributed by atoms with van der Waals surface area (Å²) in [7, 11) is 0. The van der Waals surface area contributed by atoms with E-state index in [0.717, 1.165) is 35.1 Å². The average molecular weight is 453 g/mol. The first-order valence-corrected chi connectivity index (χ1v) is 13.6. The minimum atomic E-state index is 0.0297. The molecule has 0 saturated carbocycles. The number of aryl methyl sites for hydroxylation is 2. The Morgan fingerprint density at radius 1 is 0.545 bits per heavy atom. The Balaban J connectivity index is 1.73. The Morgan fingerprint density at radius 2 is 0.909 bits per heavy atom. The Labute approximate surface area is 203 Å². The zero-order valence-electron chi connectivity index (χ0n) is 21.5. The van der Waals surface area contributed by atoms with E-state index in [1.54, 1.807) is 0 Å². The maximum Gasteiger partial charge on any atom is 0.122 e. The lowest BCUT2D eigenvalue weighted by Crippen LogP contribution is -2.04. The Bertz CT molecular complexity index is 744. The van der Waals surface area contributed by atoms with E-state index in [2.05, 4.69) is 6.92 Å². The van der Waals surface area contributed by atoms with Gasteiger partial charge in [-0.3, -0.25) is 0 Å². The average Bonchev–Trinajstić information content (AvgIpc) is 2.81. The van der Waals surface area contributed by atoms with Gasteiger partial charge in [0.15, 0.2) is 0 Å². The highest BCUT2D eigenvalue weighted by molar-refractivity contribution is 5.50.